The van der Waals surface area contributed by atoms with E-state index >= 15 is 0 Å². The maximum absolute atomic E-state index is 6.12. The van der Waals surface area contributed by atoms with E-state index in [9.17, 15) is 0 Å². The third-order valence-corrected chi connectivity index (χ3v) is 7.22. The van der Waals surface area contributed by atoms with Gasteiger partial charge in [-0.3, -0.25) is 0 Å². The Morgan fingerprint density at radius 2 is 0.897 bits per heavy atom. The predicted octanol–water partition coefficient (Wildman–Crippen LogP) is 9.18. The van der Waals surface area contributed by atoms with E-state index in [1.54, 1.807) is 0 Å². The smallest absolute Gasteiger partial charge is 0.136 e. The second kappa shape index (κ2) is 9.70. The van der Waals surface area contributed by atoms with Crippen LogP contribution in [0.15, 0.2) is 150 Å². The molecule has 0 spiro atoms. The fourth-order valence-corrected chi connectivity index (χ4v) is 5.21. The maximum Gasteiger partial charge on any atom is 0.136 e. The van der Waals surface area contributed by atoms with Crippen molar-refractivity contribution in [3.63, 3.8) is 0 Å². The van der Waals surface area contributed by atoms with Crippen molar-refractivity contribution in [2.75, 3.05) is 4.90 Å². The van der Waals surface area contributed by atoms with Gasteiger partial charge in [0, 0.05) is 27.8 Å². The van der Waals surface area contributed by atoms with Gasteiger partial charge in [-0.1, -0.05) is 96.5 Å². The Morgan fingerprint density at radius 1 is 0.410 bits per heavy atom. The Labute approximate surface area is 229 Å². The monoisotopic (exact) mass is 497 g/mol. The van der Waals surface area contributed by atoms with E-state index in [4.69, 9.17) is 12.3 Å². The van der Waals surface area contributed by atoms with Gasteiger partial charge in [0.15, 0.2) is 0 Å². The summed E-state index contributed by atoms with van der Waals surface area (Å²) in [5, 5.41) is 2.28. The number of nitrogens with zero attached hydrogens (tertiary/aromatic N) is 1. The van der Waals surface area contributed by atoms with Gasteiger partial charge in [0.05, 0.1) is 0 Å². The molecule has 2 nitrogen and oxygen atoms in total. The fraction of sp³-hybridized carbons (Fsp3) is 0. The lowest BCUT2D eigenvalue weighted by molar-refractivity contribution is 0.669. The van der Waals surface area contributed by atoms with Crippen molar-refractivity contribution < 1.29 is 4.42 Å². The van der Waals surface area contributed by atoms with Crippen LogP contribution in [0.1, 0.15) is 0 Å². The zero-order valence-corrected chi connectivity index (χ0v) is 21.3. The van der Waals surface area contributed by atoms with Crippen LogP contribution in [0.4, 0.5) is 17.1 Å². The first kappa shape index (κ1) is 23.1. The molecular weight excluding hydrogens is 473 g/mol. The fourth-order valence-electron chi connectivity index (χ4n) is 5.21. The van der Waals surface area contributed by atoms with Crippen molar-refractivity contribution in [2.24, 2.45) is 0 Å². The van der Waals surface area contributed by atoms with Gasteiger partial charge in [0.1, 0.15) is 19.0 Å². The first-order valence-electron chi connectivity index (χ1n) is 13.1. The van der Waals surface area contributed by atoms with Crippen LogP contribution < -0.4 is 10.4 Å². The second-order valence-electron chi connectivity index (χ2n) is 9.70. The number of hydrogen-bond acceptors (Lipinski definition) is 2. The molecule has 0 fully saturated rings. The van der Waals surface area contributed by atoms with Crippen LogP contribution in [-0.4, -0.2) is 7.85 Å². The van der Waals surface area contributed by atoms with E-state index in [0.29, 0.717) is 0 Å². The van der Waals surface area contributed by atoms with Crippen LogP contribution in [0, 0.1) is 0 Å². The molecule has 3 heteroatoms. The topological polar surface area (TPSA) is 16.4 Å². The number of rotatable bonds is 5. The standard InChI is InChI=1S/C36H24BNO/c37-29-15-21-32(22-16-29)38(30-17-10-26(11-18-30)25-6-2-1-3-7-25)31-19-12-27(13-20-31)28-14-23-34-33-8-4-5-9-35(33)39-36(34)24-28/h1-24H. The molecule has 2 radical (unpaired) electrons. The molecule has 0 atom stereocenters. The summed E-state index contributed by atoms with van der Waals surface area (Å²) >= 11 is 0. The molecule has 0 saturated heterocycles. The lowest BCUT2D eigenvalue weighted by atomic mass is 9.96. The van der Waals surface area contributed by atoms with Gasteiger partial charge >= 0.3 is 0 Å². The highest BCUT2D eigenvalue weighted by molar-refractivity contribution is 6.32. The lowest BCUT2D eigenvalue weighted by Crippen LogP contribution is -2.11. The summed E-state index contributed by atoms with van der Waals surface area (Å²) < 4.78 is 6.12. The number of fused-ring (bicyclic) bond motifs is 3. The van der Waals surface area contributed by atoms with Crippen molar-refractivity contribution in [3.05, 3.63) is 146 Å². The highest BCUT2D eigenvalue weighted by atomic mass is 16.3. The quantitative estimate of drug-likeness (QED) is 0.221. The summed E-state index contributed by atoms with van der Waals surface area (Å²) in [6, 6.07) is 50.4. The average molecular weight is 497 g/mol. The molecule has 0 aliphatic rings. The van der Waals surface area contributed by atoms with Gasteiger partial charge < -0.3 is 9.32 Å². The summed E-state index contributed by atoms with van der Waals surface area (Å²) in [4.78, 5) is 2.25. The zero-order valence-electron chi connectivity index (χ0n) is 21.3. The molecule has 0 aliphatic carbocycles. The summed E-state index contributed by atoms with van der Waals surface area (Å²) in [5.41, 5.74) is 10.4. The largest absolute Gasteiger partial charge is 0.456 e. The van der Waals surface area contributed by atoms with Crippen LogP contribution in [0.5, 0.6) is 0 Å². The van der Waals surface area contributed by atoms with Gasteiger partial charge in [0.2, 0.25) is 0 Å². The van der Waals surface area contributed by atoms with Gasteiger partial charge in [0.25, 0.3) is 0 Å². The van der Waals surface area contributed by atoms with Crippen LogP contribution in [0.25, 0.3) is 44.2 Å². The molecule has 0 amide bonds. The minimum atomic E-state index is 0.745. The summed E-state index contributed by atoms with van der Waals surface area (Å²) in [5.74, 6) is 0. The first-order valence-corrected chi connectivity index (χ1v) is 13.1. The Morgan fingerprint density at radius 3 is 1.56 bits per heavy atom. The van der Waals surface area contributed by atoms with Crippen LogP contribution in [-0.2, 0) is 0 Å². The SMILES string of the molecule is [B]c1ccc(N(c2ccc(-c3ccccc3)cc2)c2ccc(-c3ccc4c(c3)oc3ccccc34)cc2)cc1. The Bertz CT molecular complexity index is 1890. The van der Waals surface area contributed by atoms with Gasteiger partial charge in [-0.2, -0.15) is 0 Å². The van der Waals surface area contributed by atoms with Crippen molar-refractivity contribution in [1.82, 2.24) is 0 Å². The summed E-state index contributed by atoms with van der Waals surface area (Å²) in [6.07, 6.45) is 0. The highest BCUT2D eigenvalue weighted by Crippen LogP contribution is 2.37. The molecule has 6 aromatic carbocycles. The van der Waals surface area contributed by atoms with E-state index in [-0.39, 0.29) is 0 Å². The summed E-state index contributed by atoms with van der Waals surface area (Å²) in [7, 11) is 6.01. The molecule has 0 N–H and O–H groups in total. The van der Waals surface area contributed by atoms with Gasteiger partial charge in [-0.15, -0.1) is 0 Å². The molecular formula is C36H24BNO. The minimum Gasteiger partial charge on any atom is -0.456 e. The van der Waals surface area contributed by atoms with Crippen LogP contribution >= 0.6 is 0 Å². The molecule has 7 rings (SSSR count). The van der Waals surface area contributed by atoms with Crippen LogP contribution in [0.2, 0.25) is 0 Å². The van der Waals surface area contributed by atoms with Crippen molar-refractivity contribution >= 4 is 52.3 Å². The molecule has 39 heavy (non-hydrogen) atoms. The zero-order chi connectivity index (χ0) is 26.2. The summed E-state index contributed by atoms with van der Waals surface area (Å²) in [6.45, 7) is 0. The van der Waals surface area contributed by atoms with Crippen molar-refractivity contribution in [1.29, 1.82) is 0 Å². The van der Waals surface area contributed by atoms with Crippen molar-refractivity contribution in [2.45, 2.75) is 0 Å². The minimum absolute atomic E-state index is 0.745. The number of anilines is 3. The third-order valence-electron chi connectivity index (χ3n) is 7.22. The Kier molecular flexibility index (Phi) is 5.75. The van der Waals surface area contributed by atoms with Crippen molar-refractivity contribution in [3.8, 4) is 22.3 Å². The van der Waals surface area contributed by atoms with E-state index in [1.807, 2.05) is 36.4 Å². The highest BCUT2D eigenvalue weighted by Gasteiger charge is 2.14. The molecule has 7 aromatic rings. The first-order chi connectivity index (χ1) is 19.2. The molecule has 1 heterocycles. The molecule has 0 saturated carbocycles. The molecule has 182 valence electrons. The van der Waals surface area contributed by atoms with E-state index in [1.165, 1.54) is 11.1 Å². The Hall–Kier alpha value is -5.02. The lowest BCUT2D eigenvalue weighted by Gasteiger charge is -2.26. The predicted molar refractivity (Wildman–Crippen MR) is 165 cm³/mol. The van der Waals surface area contributed by atoms with E-state index in [2.05, 4.69) is 114 Å². The second-order valence-corrected chi connectivity index (χ2v) is 9.70. The Balaban J connectivity index is 1.25. The molecule has 0 unspecified atom stereocenters. The average Bonchev–Trinajstić information content (AvgIpc) is 3.37. The van der Waals surface area contributed by atoms with Gasteiger partial charge in [-0.05, 0) is 76.9 Å². The molecule has 1 aromatic heterocycles. The molecule has 0 bridgehead atoms. The van der Waals surface area contributed by atoms with Gasteiger partial charge in [-0.25, -0.2) is 0 Å². The third kappa shape index (κ3) is 4.38. The molecule has 0 aliphatic heterocycles. The van der Waals surface area contributed by atoms with Crippen LogP contribution in [0.3, 0.4) is 0 Å². The normalized spacial score (nSPS) is 11.2. The number of benzene rings is 6. The maximum atomic E-state index is 6.12. The van der Waals surface area contributed by atoms with E-state index in [0.717, 1.165) is 55.6 Å². The number of furan rings is 1. The number of hydrogen-bond donors (Lipinski definition) is 0. The van der Waals surface area contributed by atoms with E-state index < -0.39 is 0 Å². The number of para-hydroxylation sites is 1.